The van der Waals surface area contributed by atoms with Gasteiger partial charge in [-0.25, -0.2) is 4.79 Å². The lowest BCUT2D eigenvalue weighted by Gasteiger charge is -2.18. The predicted molar refractivity (Wildman–Crippen MR) is 51.5 cm³/mol. The average molecular weight is 214 g/mol. The van der Waals surface area contributed by atoms with Gasteiger partial charge in [0.15, 0.2) is 0 Å². The summed E-state index contributed by atoms with van der Waals surface area (Å²) < 4.78 is 0. The predicted octanol–water partition coefficient (Wildman–Crippen LogP) is -1.87. The van der Waals surface area contributed by atoms with Crippen molar-refractivity contribution in [1.82, 2.24) is 10.2 Å². The van der Waals surface area contributed by atoms with Crippen LogP contribution in [0.25, 0.3) is 0 Å². The Morgan fingerprint density at radius 2 is 1.93 bits per heavy atom. The van der Waals surface area contributed by atoms with Crippen LogP contribution in [0.4, 0.5) is 4.79 Å². The normalized spacial score (nSPS) is 25.0. The van der Waals surface area contributed by atoms with Gasteiger partial charge in [-0.1, -0.05) is 0 Å². The Bertz CT molecular complexity index is 282. The van der Waals surface area contributed by atoms with Crippen molar-refractivity contribution in [3.63, 3.8) is 0 Å². The number of amides is 4. The Labute approximate surface area is 86.8 Å². The summed E-state index contributed by atoms with van der Waals surface area (Å²) >= 11 is 0. The largest absolute Gasteiger partial charge is 0.368 e. The molecule has 1 rings (SSSR count). The van der Waals surface area contributed by atoms with Crippen molar-refractivity contribution in [1.29, 1.82) is 0 Å². The van der Waals surface area contributed by atoms with Crippen LogP contribution in [0.5, 0.6) is 0 Å². The van der Waals surface area contributed by atoms with E-state index in [0.29, 0.717) is 6.42 Å². The van der Waals surface area contributed by atoms with E-state index in [9.17, 15) is 14.4 Å². The molecule has 0 bridgehead atoms. The molecule has 1 aliphatic heterocycles. The zero-order valence-corrected chi connectivity index (χ0v) is 8.40. The second kappa shape index (κ2) is 4.16. The Balaban J connectivity index is 2.69. The molecule has 7 heteroatoms. The molecule has 2 atom stereocenters. The number of nitrogens with one attached hydrogen (secondary N) is 1. The van der Waals surface area contributed by atoms with E-state index in [1.54, 1.807) is 0 Å². The Kier molecular flexibility index (Phi) is 3.13. The first-order valence-corrected chi connectivity index (χ1v) is 4.54. The molecule has 0 saturated carbocycles. The van der Waals surface area contributed by atoms with Crippen molar-refractivity contribution in [3.8, 4) is 0 Å². The van der Waals surface area contributed by atoms with Gasteiger partial charge in [0.1, 0.15) is 6.04 Å². The lowest BCUT2D eigenvalue weighted by molar-refractivity contribution is -0.122. The van der Waals surface area contributed by atoms with E-state index in [2.05, 4.69) is 5.32 Å². The average Bonchev–Trinajstić information content (AvgIpc) is 2.46. The van der Waals surface area contributed by atoms with E-state index < -0.39 is 18.0 Å². The Morgan fingerprint density at radius 1 is 1.33 bits per heavy atom. The molecular weight excluding hydrogens is 200 g/mol. The van der Waals surface area contributed by atoms with E-state index in [-0.39, 0.29) is 18.5 Å². The van der Waals surface area contributed by atoms with Crippen molar-refractivity contribution >= 4 is 17.8 Å². The van der Waals surface area contributed by atoms with Crippen LogP contribution in [0.3, 0.4) is 0 Å². The monoisotopic (exact) mass is 214 g/mol. The maximum atomic E-state index is 11.0. The molecule has 1 fully saturated rings. The number of hydrogen-bond donors (Lipinski definition) is 3. The molecule has 2 unspecified atom stereocenters. The molecule has 0 aromatic carbocycles. The lowest BCUT2D eigenvalue weighted by Crippen LogP contribution is -2.46. The van der Waals surface area contributed by atoms with Crippen LogP contribution in [0.1, 0.15) is 13.3 Å². The maximum absolute atomic E-state index is 11.0. The number of carbonyl (C=O) groups is 3. The number of likely N-dealkylation sites (tertiary alicyclic amines) is 1. The van der Waals surface area contributed by atoms with Crippen LogP contribution in [0.15, 0.2) is 0 Å². The minimum atomic E-state index is -0.723. The summed E-state index contributed by atoms with van der Waals surface area (Å²) in [6.45, 7) is 1.59. The summed E-state index contributed by atoms with van der Waals surface area (Å²) in [5.41, 5.74) is 10.2. The van der Waals surface area contributed by atoms with E-state index in [1.807, 2.05) is 0 Å². The van der Waals surface area contributed by atoms with Gasteiger partial charge in [0.05, 0.1) is 0 Å². The fourth-order valence-corrected chi connectivity index (χ4v) is 1.74. The van der Waals surface area contributed by atoms with Gasteiger partial charge >= 0.3 is 6.03 Å². The van der Waals surface area contributed by atoms with Crippen molar-refractivity contribution < 1.29 is 14.4 Å². The summed E-state index contributed by atoms with van der Waals surface area (Å²) in [6.07, 6.45) is 0.317. The minimum absolute atomic E-state index is 0.213. The molecule has 84 valence electrons. The molecule has 1 saturated heterocycles. The van der Waals surface area contributed by atoms with Gasteiger partial charge in [0.2, 0.25) is 11.8 Å². The zero-order chi connectivity index (χ0) is 11.6. The summed E-state index contributed by atoms with van der Waals surface area (Å²) in [7, 11) is 0. The fraction of sp³-hybridized carbons (Fsp3) is 0.625. The molecule has 1 heterocycles. The number of urea groups is 1. The quantitative estimate of drug-likeness (QED) is 0.499. The second-order valence-electron chi connectivity index (χ2n) is 3.54. The van der Waals surface area contributed by atoms with Crippen molar-refractivity contribution in [2.24, 2.45) is 11.5 Å². The fourth-order valence-electron chi connectivity index (χ4n) is 1.74. The van der Waals surface area contributed by atoms with Crippen LogP contribution in [-0.2, 0) is 9.59 Å². The Morgan fingerprint density at radius 3 is 2.27 bits per heavy atom. The molecule has 1 aliphatic rings. The van der Waals surface area contributed by atoms with Crippen LogP contribution in [0.2, 0.25) is 0 Å². The Hall–Kier alpha value is -1.79. The third-order valence-electron chi connectivity index (χ3n) is 2.32. The van der Waals surface area contributed by atoms with Crippen LogP contribution in [-0.4, -0.2) is 41.4 Å². The van der Waals surface area contributed by atoms with Gasteiger partial charge in [-0.3, -0.25) is 9.59 Å². The number of primary amides is 2. The third kappa shape index (κ3) is 2.58. The first-order valence-electron chi connectivity index (χ1n) is 4.54. The molecule has 7 nitrogen and oxygen atoms in total. The second-order valence-corrected chi connectivity index (χ2v) is 3.54. The summed E-state index contributed by atoms with van der Waals surface area (Å²) in [5.74, 6) is -0.823. The summed E-state index contributed by atoms with van der Waals surface area (Å²) in [6, 6.07) is -1.68. The zero-order valence-electron chi connectivity index (χ0n) is 8.40. The molecule has 0 radical (unpaired) electrons. The highest BCUT2D eigenvalue weighted by atomic mass is 16.2. The first kappa shape index (κ1) is 11.3. The molecular formula is C8H14N4O3. The smallest absolute Gasteiger partial charge is 0.315 e. The van der Waals surface area contributed by atoms with Gasteiger partial charge in [0, 0.05) is 19.5 Å². The first-order chi connectivity index (χ1) is 6.91. The lowest BCUT2D eigenvalue weighted by atomic mass is 10.1. The van der Waals surface area contributed by atoms with Crippen LogP contribution >= 0.6 is 0 Å². The number of rotatable bonds is 2. The number of nitrogens with zero attached hydrogens (tertiary/aromatic N) is 1. The van der Waals surface area contributed by atoms with Crippen molar-refractivity contribution in [3.05, 3.63) is 0 Å². The minimum Gasteiger partial charge on any atom is -0.368 e. The molecule has 0 aromatic heterocycles. The maximum Gasteiger partial charge on any atom is 0.315 e. The molecule has 5 N–H and O–H groups in total. The molecule has 0 aliphatic carbocycles. The summed E-state index contributed by atoms with van der Waals surface area (Å²) in [5, 5.41) is 2.62. The number of hydrogen-bond acceptors (Lipinski definition) is 3. The van der Waals surface area contributed by atoms with Gasteiger partial charge in [-0.2, -0.15) is 0 Å². The van der Waals surface area contributed by atoms with Gasteiger partial charge in [-0.15, -0.1) is 0 Å². The van der Waals surface area contributed by atoms with E-state index in [1.165, 1.54) is 11.8 Å². The van der Waals surface area contributed by atoms with E-state index >= 15 is 0 Å². The van der Waals surface area contributed by atoms with E-state index in [4.69, 9.17) is 11.5 Å². The molecule has 0 spiro atoms. The van der Waals surface area contributed by atoms with Gasteiger partial charge in [-0.05, 0) is 6.42 Å². The third-order valence-corrected chi connectivity index (χ3v) is 2.32. The number of carbonyl (C=O) groups excluding carboxylic acids is 3. The standard InChI is InChI=1S/C8H14N4O3/c1-4(13)11-5-2-6(7(9)14)12(3-5)8(10)15/h5-6H,2-3H2,1H3,(H2,9,14)(H2,10,15)(H,11,13). The summed E-state index contributed by atoms with van der Waals surface area (Å²) in [4.78, 5) is 33.9. The molecule has 0 aromatic rings. The topological polar surface area (TPSA) is 119 Å². The van der Waals surface area contributed by atoms with E-state index in [0.717, 1.165) is 0 Å². The molecule has 15 heavy (non-hydrogen) atoms. The number of nitrogens with two attached hydrogens (primary N) is 2. The van der Waals surface area contributed by atoms with Crippen LogP contribution < -0.4 is 16.8 Å². The SMILES string of the molecule is CC(=O)NC1CC(C(N)=O)N(C(N)=O)C1. The highest BCUT2D eigenvalue weighted by Gasteiger charge is 2.37. The highest BCUT2D eigenvalue weighted by Crippen LogP contribution is 2.17. The van der Waals surface area contributed by atoms with Crippen LogP contribution in [0, 0.1) is 0 Å². The van der Waals surface area contributed by atoms with Gasteiger partial charge < -0.3 is 21.7 Å². The van der Waals surface area contributed by atoms with Crippen molar-refractivity contribution in [2.75, 3.05) is 6.54 Å². The van der Waals surface area contributed by atoms with Crippen molar-refractivity contribution in [2.45, 2.75) is 25.4 Å². The molecule has 4 amide bonds. The highest BCUT2D eigenvalue weighted by molar-refractivity contribution is 5.86. The van der Waals surface area contributed by atoms with Gasteiger partial charge in [0.25, 0.3) is 0 Å².